The third-order valence-corrected chi connectivity index (χ3v) is 5.41. The Bertz CT molecular complexity index is 1170. The molecule has 0 bridgehead atoms. The van der Waals surface area contributed by atoms with Gasteiger partial charge in [-0.05, 0) is 44.0 Å². The summed E-state index contributed by atoms with van der Waals surface area (Å²) in [7, 11) is 2.81. The number of hydrogen-bond donors (Lipinski definition) is 2. The fourth-order valence-electron chi connectivity index (χ4n) is 3.25. The van der Waals surface area contributed by atoms with Gasteiger partial charge in [0.1, 0.15) is 12.6 Å². The number of nitrogens with one attached hydrogen (secondary N) is 1. The first-order valence-electron chi connectivity index (χ1n) is 11.1. The number of carbonyl (C=O) groups excluding carboxylic acids is 2. The van der Waals surface area contributed by atoms with Crippen LogP contribution >= 0.6 is 0 Å². The van der Waals surface area contributed by atoms with E-state index in [1.807, 2.05) is 31.2 Å². The van der Waals surface area contributed by atoms with Crippen LogP contribution in [0.25, 0.3) is 5.65 Å². The minimum atomic E-state index is -1.11. The Morgan fingerprint density at radius 3 is 2.57 bits per heavy atom. The van der Waals surface area contributed by atoms with Crippen molar-refractivity contribution in [2.24, 2.45) is 5.73 Å². The van der Waals surface area contributed by atoms with Crippen molar-refractivity contribution in [3.8, 4) is 0 Å². The second kappa shape index (κ2) is 11.3. The Morgan fingerprint density at radius 2 is 1.89 bits per heavy atom. The van der Waals surface area contributed by atoms with Crippen molar-refractivity contribution in [3.63, 3.8) is 0 Å². The predicted octanol–water partition coefficient (Wildman–Crippen LogP) is 2.28. The van der Waals surface area contributed by atoms with Gasteiger partial charge in [-0.1, -0.05) is 30.3 Å². The lowest BCUT2D eigenvalue weighted by atomic mass is 10.1. The number of fused-ring (bicyclic) bond motifs is 1. The van der Waals surface area contributed by atoms with Gasteiger partial charge < -0.3 is 20.5 Å². The van der Waals surface area contributed by atoms with Crippen molar-refractivity contribution in [2.75, 3.05) is 20.8 Å². The SMILES string of the molecule is CON(C)C(=O)OCc1cccc2nnc([C@@H](COCc3ccccc3C)NC(=O)C(C)(C)N)n12. The molecule has 11 heteroatoms. The fourth-order valence-corrected chi connectivity index (χ4v) is 3.25. The molecule has 2 amide bonds. The van der Waals surface area contributed by atoms with Crippen molar-refractivity contribution in [2.45, 2.75) is 45.6 Å². The van der Waals surface area contributed by atoms with Crippen LogP contribution < -0.4 is 11.1 Å². The van der Waals surface area contributed by atoms with Crippen LogP contribution in [0.5, 0.6) is 0 Å². The lowest BCUT2D eigenvalue weighted by Crippen LogP contribution is -2.51. The summed E-state index contributed by atoms with van der Waals surface area (Å²) in [6.07, 6.45) is -0.657. The van der Waals surface area contributed by atoms with Crippen molar-refractivity contribution in [1.29, 1.82) is 0 Å². The standard InChI is InChI=1S/C24H32N6O5/c1-16-9-6-7-10-17(16)13-34-15-19(26-22(31)24(2,3)25)21-28-27-20-12-8-11-18(30(20)21)14-35-23(32)29(4)33-5/h6-12,19H,13-15,25H2,1-5H3,(H,26,31)/t19-/m1/s1. The molecule has 3 N–H and O–H groups in total. The molecule has 0 radical (unpaired) electrons. The molecule has 0 saturated carbocycles. The summed E-state index contributed by atoms with van der Waals surface area (Å²) in [5.74, 6) is 0.0542. The fraction of sp³-hybridized carbons (Fsp3) is 0.417. The molecule has 0 unspecified atom stereocenters. The summed E-state index contributed by atoms with van der Waals surface area (Å²) < 4.78 is 13.0. The molecule has 1 aromatic carbocycles. The second-order valence-corrected chi connectivity index (χ2v) is 8.69. The number of carbonyl (C=O) groups is 2. The molecule has 11 nitrogen and oxygen atoms in total. The van der Waals surface area contributed by atoms with E-state index in [0.29, 0.717) is 23.8 Å². The Labute approximate surface area is 204 Å². The minimum Gasteiger partial charge on any atom is -0.441 e. The highest BCUT2D eigenvalue weighted by Gasteiger charge is 2.28. The smallest absolute Gasteiger partial charge is 0.434 e. The van der Waals surface area contributed by atoms with Gasteiger partial charge in [0.15, 0.2) is 11.5 Å². The third-order valence-electron chi connectivity index (χ3n) is 5.41. The molecule has 2 heterocycles. The summed E-state index contributed by atoms with van der Waals surface area (Å²) in [5, 5.41) is 12.4. The maximum absolute atomic E-state index is 12.8. The molecule has 3 aromatic rings. The van der Waals surface area contributed by atoms with Crippen LogP contribution in [0, 0.1) is 6.92 Å². The Hall–Kier alpha value is -3.54. The van der Waals surface area contributed by atoms with E-state index < -0.39 is 17.7 Å². The number of pyridine rings is 1. The summed E-state index contributed by atoms with van der Waals surface area (Å²) in [6.45, 7) is 5.66. The average Bonchev–Trinajstić information content (AvgIpc) is 3.26. The number of amides is 2. The van der Waals surface area contributed by atoms with Crippen LogP contribution in [0.4, 0.5) is 4.79 Å². The molecule has 3 rings (SSSR count). The molecule has 0 aliphatic rings. The first kappa shape index (κ1) is 26.1. The van der Waals surface area contributed by atoms with Crippen molar-refractivity contribution < 1.29 is 23.9 Å². The number of hydrogen-bond acceptors (Lipinski definition) is 8. The lowest BCUT2D eigenvalue weighted by Gasteiger charge is -2.24. The molecule has 2 aromatic heterocycles. The average molecular weight is 485 g/mol. The highest BCUT2D eigenvalue weighted by atomic mass is 16.7. The van der Waals surface area contributed by atoms with E-state index in [0.717, 1.165) is 16.2 Å². The molecule has 0 fully saturated rings. The van der Waals surface area contributed by atoms with Gasteiger partial charge in [-0.25, -0.2) is 4.79 Å². The number of ether oxygens (including phenoxy) is 2. The summed E-state index contributed by atoms with van der Waals surface area (Å²) >= 11 is 0. The quantitative estimate of drug-likeness (QED) is 0.419. The van der Waals surface area contributed by atoms with E-state index in [4.69, 9.17) is 20.0 Å². The third kappa shape index (κ3) is 6.53. The summed E-state index contributed by atoms with van der Waals surface area (Å²) in [6, 6.07) is 12.6. The molecule has 0 aliphatic carbocycles. The van der Waals surface area contributed by atoms with Crippen LogP contribution in [0.1, 0.15) is 42.5 Å². The zero-order chi connectivity index (χ0) is 25.6. The van der Waals surface area contributed by atoms with Gasteiger partial charge in [-0.15, -0.1) is 10.2 Å². The topological polar surface area (TPSA) is 133 Å². The monoisotopic (exact) mass is 484 g/mol. The molecule has 0 spiro atoms. The number of benzene rings is 1. The zero-order valence-electron chi connectivity index (χ0n) is 20.6. The zero-order valence-corrected chi connectivity index (χ0v) is 20.6. The van der Waals surface area contributed by atoms with Crippen LogP contribution in [-0.4, -0.2) is 58.0 Å². The van der Waals surface area contributed by atoms with Gasteiger partial charge in [0.2, 0.25) is 5.91 Å². The van der Waals surface area contributed by atoms with Gasteiger partial charge in [0.05, 0.1) is 31.6 Å². The number of aromatic nitrogens is 3. The van der Waals surface area contributed by atoms with Crippen LogP contribution in [0.15, 0.2) is 42.5 Å². The van der Waals surface area contributed by atoms with E-state index in [9.17, 15) is 9.59 Å². The Morgan fingerprint density at radius 1 is 1.14 bits per heavy atom. The lowest BCUT2D eigenvalue weighted by molar-refractivity contribution is -0.126. The summed E-state index contributed by atoms with van der Waals surface area (Å²) in [4.78, 5) is 29.7. The first-order chi connectivity index (χ1) is 16.6. The van der Waals surface area contributed by atoms with Gasteiger partial charge in [-0.3, -0.25) is 14.0 Å². The number of aryl methyl sites for hydroxylation is 1. The molecule has 35 heavy (non-hydrogen) atoms. The minimum absolute atomic E-state index is 0.0674. The predicted molar refractivity (Wildman–Crippen MR) is 128 cm³/mol. The van der Waals surface area contributed by atoms with Gasteiger partial charge >= 0.3 is 6.09 Å². The van der Waals surface area contributed by atoms with Crippen molar-refractivity contribution >= 4 is 17.6 Å². The molecule has 188 valence electrons. The molecule has 0 aliphatic heterocycles. The highest BCUT2D eigenvalue weighted by Crippen LogP contribution is 2.19. The van der Waals surface area contributed by atoms with Gasteiger partial charge in [0.25, 0.3) is 0 Å². The second-order valence-electron chi connectivity index (χ2n) is 8.69. The van der Waals surface area contributed by atoms with E-state index in [1.165, 1.54) is 14.2 Å². The molecule has 1 atom stereocenters. The molecular weight excluding hydrogens is 452 g/mol. The first-order valence-corrected chi connectivity index (χ1v) is 11.1. The molecular formula is C24H32N6O5. The van der Waals surface area contributed by atoms with Crippen molar-refractivity contribution in [3.05, 3.63) is 65.1 Å². The Kier molecular flexibility index (Phi) is 8.39. The highest BCUT2D eigenvalue weighted by molar-refractivity contribution is 5.85. The normalized spacial score (nSPS) is 12.4. The summed E-state index contributed by atoms with van der Waals surface area (Å²) in [5.41, 5.74) is 8.18. The van der Waals surface area contributed by atoms with E-state index in [1.54, 1.807) is 36.4 Å². The van der Waals surface area contributed by atoms with E-state index >= 15 is 0 Å². The van der Waals surface area contributed by atoms with E-state index in [-0.39, 0.29) is 19.1 Å². The maximum atomic E-state index is 12.8. The largest absolute Gasteiger partial charge is 0.441 e. The maximum Gasteiger partial charge on any atom is 0.434 e. The Balaban J connectivity index is 1.88. The van der Waals surface area contributed by atoms with Crippen LogP contribution in [0.2, 0.25) is 0 Å². The number of rotatable bonds is 10. The van der Waals surface area contributed by atoms with Crippen LogP contribution in [-0.2, 0) is 32.3 Å². The number of nitrogens with zero attached hydrogens (tertiary/aromatic N) is 4. The number of hydroxylamine groups is 2. The van der Waals surface area contributed by atoms with Crippen LogP contribution in [0.3, 0.4) is 0 Å². The van der Waals surface area contributed by atoms with Crippen molar-refractivity contribution in [1.82, 2.24) is 25.0 Å². The molecule has 0 saturated heterocycles. The van der Waals surface area contributed by atoms with Gasteiger partial charge in [-0.2, -0.15) is 5.06 Å². The number of nitrogens with two attached hydrogens (primary N) is 1. The van der Waals surface area contributed by atoms with E-state index in [2.05, 4.69) is 15.5 Å². The van der Waals surface area contributed by atoms with Gasteiger partial charge in [0, 0.05) is 7.05 Å².